The zero-order valence-electron chi connectivity index (χ0n) is 11.8. The second-order valence-corrected chi connectivity index (χ2v) is 5.20. The second kappa shape index (κ2) is 7.31. The fraction of sp³-hybridized carbons (Fsp3) is 1.00. The standard InChI is InChI=1S/C13H28N2O2/c1-5-13(3,16-4)11-14-12(2)10-15-6-8-17-9-7-15/h12,14H,5-11H2,1-4H3. The van der Waals surface area contributed by atoms with Gasteiger partial charge in [-0.05, 0) is 20.3 Å². The molecule has 1 fully saturated rings. The molecule has 4 heteroatoms. The molecule has 2 atom stereocenters. The first-order valence-electron chi connectivity index (χ1n) is 6.68. The SMILES string of the molecule is CCC(C)(CNC(C)CN1CCOCC1)OC. The Morgan fingerprint density at radius 1 is 1.41 bits per heavy atom. The summed E-state index contributed by atoms with van der Waals surface area (Å²) in [6, 6.07) is 0.495. The number of nitrogens with one attached hydrogen (secondary N) is 1. The molecule has 4 nitrogen and oxygen atoms in total. The maximum Gasteiger partial charge on any atom is 0.0772 e. The number of nitrogens with zero attached hydrogens (tertiary/aromatic N) is 1. The molecule has 0 aromatic carbocycles. The summed E-state index contributed by atoms with van der Waals surface area (Å²) in [5.74, 6) is 0. The Hall–Kier alpha value is -0.160. The third-order valence-corrected chi connectivity index (χ3v) is 3.70. The molecule has 0 aromatic heterocycles. The Kier molecular flexibility index (Phi) is 6.41. The molecule has 1 aliphatic heterocycles. The largest absolute Gasteiger partial charge is 0.379 e. The molecule has 0 amide bonds. The van der Waals surface area contributed by atoms with Crippen LogP contribution in [0.1, 0.15) is 27.2 Å². The molecule has 1 saturated heterocycles. The molecule has 102 valence electrons. The van der Waals surface area contributed by atoms with Crippen molar-refractivity contribution in [2.24, 2.45) is 0 Å². The highest BCUT2D eigenvalue weighted by Gasteiger charge is 2.22. The summed E-state index contributed by atoms with van der Waals surface area (Å²) in [4.78, 5) is 2.46. The Balaban J connectivity index is 2.21. The van der Waals surface area contributed by atoms with Gasteiger partial charge in [0.05, 0.1) is 18.8 Å². The molecule has 1 aliphatic rings. The van der Waals surface area contributed by atoms with E-state index in [0.29, 0.717) is 6.04 Å². The number of rotatable bonds is 7. The predicted octanol–water partition coefficient (Wildman–Crippen LogP) is 1.11. The molecular weight excluding hydrogens is 216 g/mol. The van der Waals surface area contributed by atoms with E-state index in [1.165, 1.54) is 0 Å². The van der Waals surface area contributed by atoms with Crippen LogP contribution in [0.2, 0.25) is 0 Å². The second-order valence-electron chi connectivity index (χ2n) is 5.20. The zero-order chi connectivity index (χ0) is 12.7. The molecule has 0 aromatic rings. The summed E-state index contributed by atoms with van der Waals surface area (Å²) < 4.78 is 10.9. The molecule has 1 heterocycles. The van der Waals surface area contributed by atoms with Gasteiger partial charge < -0.3 is 14.8 Å². The quantitative estimate of drug-likeness (QED) is 0.727. The summed E-state index contributed by atoms with van der Waals surface area (Å²) >= 11 is 0. The number of hydrogen-bond acceptors (Lipinski definition) is 4. The lowest BCUT2D eigenvalue weighted by molar-refractivity contribution is -0.00114. The van der Waals surface area contributed by atoms with E-state index >= 15 is 0 Å². The topological polar surface area (TPSA) is 33.7 Å². The van der Waals surface area contributed by atoms with Crippen LogP contribution in [0.3, 0.4) is 0 Å². The van der Waals surface area contributed by atoms with Gasteiger partial charge in [-0.15, -0.1) is 0 Å². The van der Waals surface area contributed by atoms with Gasteiger partial charge >= 0.3 is 0 Å². The van der Waals surface area contributed by atoms with Gasteiger partial charge in [-0.3, -0.25) is 4.90 Å². The van der Waals surface area contributed by atoms with Crippen LogP contribution in [0.15, 0.2) is 0 Å². The Morgan fingerprint density at radius 3 is 2.59 bits per heavy atom. The van der Waals surface area contributed by atoms with E-state index in [9.17, 15) is 0 Å². The summed E-state index contributed by atoms with van der Waals surface area (Å²) in [6.45, 7) is 12.4. The Bertz CT molecular complexity index is 202. The van der Waals surface area contributed by atoms with Crippen molar-refractivity contribution in [1.82, 2.24) is 10.2 Å². The third-order valence-electron chi connectivity index (χ3n) is 3.70. The first-order chi connectivity index (χ1) is 8.09. The molecule has 0 saturated carbocycles. The molecule has 0 radical (unpaired) electrons. The van der Waals surface area contributed by atoms with Gasteiger partial charge in [-0.25, -0.2) is 0 Å². The minimum Gasteiger partial charge on any atom is -0.379 e. The average Bonchev–Trinajstić information content (AvgIpc) is 2.37. The van der Waals surface area contributed by atoms with Crippen molar-refractivity contribution in [3.63, 3.8) is 0 Å². The van der Waals surface area contributed by atoms with Crippen molar-refractivity contribution in [3.8, 4) is 0 Å². The van der Waals surface area contributed by atoms with Crippen LogP contribution in [0.4, 0.5) is 0 Å². The van der Waals surface area contributed by atoms with Crippen molar-refractivity contribution in [3.05, 3.63) is 0 Å². The van der Waals surface area contributed by atoms with Gasteiger partial charge in [0.15, 0.2) is 0 Å². The maximum atomic E-state index is 5.53. The van der Waals surface area contributed by atoms with Gasteiger partial charge in [-0.1, -0.05) is 6.92 Å². The molecule has 0 bridgehead atoms. The van der Waals surface area contributed by atoms with Crippen LogP contribution in [0.25, 0.3) is 0 Å². The lowest BCUT2D eigenvalue weighted by atomic mass is 10.0. The van der Waals surface area contributed by atoms with Crippen LogP contribution < -0.4 is 5.32 Å². The first-order valence-corrected chi connectivity index (χ1v) is 6.68. The van der Waals surface area contributed by atoms with Crippen molar-refractivity contribution in [1.29, 1.82) is 0 Å². The Labute approximate surface area is 106 Å². The average molecular weight is 244 g/mol. The highest BCUT2D eigenvalue weighted by molar-refractivity contribution is 4.79. The molecule has 1 N–H and O–H groups in total. The Morgan fingerprint density at radius 2 is 2.06 bits per heavy atom. The van der Waals surface area contributed by atoms with Crippen LogP contribution in [0, 0.1) is 0 Å². The van der Waals surface area contributed by atoms with Crippen LogP contribution in [-0.4, -0.2) is 63.0 Å². The van der Waals surface area contributed by atoms with Crippen LogP contribution in [0.5, 0.6) is 0 Å². The summed E-state index contributed by atoms with van der Waals surface area (Å²) in [5, 5.41) is 3.56. The fourth-order valence-corrected chi connectivity index (χ4v) is 1.97. The van der Waals surface area contributed by atoms with Crippen molar-refractivity contribution in [2.45, 2.75) is 38.8 Å². The van der Waals surface area contributed by atoms with Gasteiger partial charge in [0.2, 0.25) is 0 Å². The zero-order valence-corrected chi connectivity index (χ0v) is 11.8. The van der Waals surface area contributed by atoms with E-state index in [2.05, 4.69) is 31.0 Å². The van der Waals surface area contributed by atoms with Gasteiger partial charge in [0.1, 0.15) is 0 Å². The summed E-state index contributed by atoms with van der Waals surface area (Å²) in [7, 11) is 1.79. The van der Waals surface area contributed by atoms with E-state index in [1.807, 2.05) is 0 Å². The molecular formula is C13H28N2O2. The third kappa shape index (κ3) is 5.34. The van der Waals surface area contributed by atoms with Crippen LogP contribution in [-0.2, 0) is 9.47 Å². The maximum absolute atomic E-state index is 5.53. The van der Waals surface area contributed by atoms with E-state index in [-0.39, 0.29) is 5.60 Å². The fourth-order valence-electron chi connectivity index (χ4n) is 1.97. The minimum absolute atomic E-state index is 0.0424. The summed E-state index contributed by atoms with van der Waals surface area (Å²) in [6.07, 6.45) is 1.03. The van der Waals surface area contributed by atoms with Gasteiger partial charge in [0.25, 0.3) is 0 Å². The highest BCUT2D eigenvalue weighted by atomic mass is 16.5. The molecule has 2 unspecified atom stereocenters. The number of morpholine rings is 1. The van der Waals surface area contributed by atoms with Gasteiger partial charge in [-0.2, -0.15) is 0 Å². The van der Waals surface area contributed by atoms with Crippen molar-refractivity contribution in [2.75, 3.05) is 46.5 Å². The van der Waals surface area contributed by atoms with Crippen molar-refractivity contribution < 1.29 is 9.47 Å². The first kappa shape index (κ1) is 14.9. The van der Waals surface area contributed by atoms with Gasteiger partial charge in [0, 0.05) is 39.3 Å². The lowest BCUT2D eigenvalue weighted by Crippen LogP contribution is -2.48. The smallest absolute Gasteiger partial charge is 0.0772 e. The lowest BCUT2D eigenvalue weighted by Gasteiger charge is -2.32. The van der Waals surface area contributed by atoms with Crippen LogP contribution >= 0.6 is 0 Å². The van der Waals surface area contributed by atoms with E-state index in [0.717, 1.165) is 45.8 Å². The number of methoxy groups -OCH3 is 1. The number of hydrogen-bond donors (Lipinski definition) is 1. The monoisotopic (exact) mass is 244 g/mol. The molecule has 0 spiro atoms. The van der Waals surface area contributed by atoms with E-state index in [4.69, 9.17) is 9.47 Å². The normalized spacial score (nSPS) is 23.3. The van der Waals surface area contributed by atoms with E-state index < -0.39 is 0 Å². The molecule has 1 rings (SSSR count). The summed E-state index contributed by atoms with van der Waals surface area (Å²) in [5.41, 5.74) is -0.0424. The molecule has 0 aliphatic carbocycles. The molecule has 17 heavy (non-hydrogen) atoms. The van der Waals surface area contributed by atoms with E-state index in [1.54, 1.807) is 7.11 Å². The number of ether oxygens (including phenoxy) is 2. The van der Waals surface area contributed by atoms with Crippen molar-refractivity contribution >= 4 is 0 Å². The minimum atomic E-state index is -0.0424. The highest BCUT2D eigenvalue weighted by Crippen LogP contribution is 2.12. The predicted molar refractivity (Wildman–Crippen MR) is 70.4 cm³/mol.